The van der Waals surface area contributed by atoms with Crippen LogP contribution >= 0.6 is 0 Å². The van der Waals surface area contributed by atoms with Crippen molar-refractivity contribution in [3.63, 3.8) is 0 Å². The number of benzene rings is 1. The summed E-state index contributed by atoms with van der Waals surface area (Å²) in [5, 5.41) is 6.39. The molecule has 0 radical (unpaired) electrons. The molecule has 0 unspecified atom stereocenters. The van der Waals surface area contributed by atoms with Gasteiger partial charge in [0.15, 0.2) is 5.82 Å². The molecule has 3 aromatic heterocycles. The Labute approximate surface area is 269 Å². The third kappa shape index (κ3) is 8.91. The van der Waals surface area contributed by atoms with Gasteiger partial charge in [0.05, 0.1) is 34.4 Å². The number of halogens is 7. The summed E-state index contributed by atoms with van der Waals surface area (Å²) in [4.78, 5) is 44.7. The molecule has 0 aliphatic heterocycles. The molecule has 10 nitrogen and oxygen atoms in total. The average Bonchev–Trinajstić information content (AvgIpc) is 2.99. The molecule has 4 aromatic rings. The second kappa shape index (κ2) is 14.3. The normalized spacial score (nSPS) is 13.1. The summed E-state index contributed by atoms with van der Waals surface area (Å²) in [6.07, 6.45) is -6.10. The third-order valence-electron chi connectivity index (χ3n) is 7.24. The number of rotatable bonds is 13. The number of anilines is 1. The average molecular weight is 701 g/mol. The summed E-state index contributed by atoms with van der Waals surface area (Å²) in [6.45, 7) is 6.06. The Kier molecular flexibility index (Phi) is 10.9. The summed E-state index contributed by atoms with van der Waals surface area (Å²) >= 11 is 0. The molecule has 0 aliphatic carbocycles. The number of carbonyl (C=O) groups is 1. The van der Waals surface area contributed by atoms with Crippen LogP contribution in [-0.2, 0) is 35.2 Å². The van der Waals surface area contributed by atoms with E-state index in [-0.39, 0.29) is 48.2 Å². The molecule has 1 atom stereocenters. The molecular weight excluding hydrogens is 669 g/mol. The van der Waals surface area contributed by atoms with Gasteiger partial charge in [0.25, 0.3) is 11.1 Å². The summed E-state index contributed by atoms with van der Waals surface area (Å²) in [5.74, 6) is -1.26. The van der Waals surface area contributed by atoms with Gasteiger partial charge in [-0.2, -0.15) is 31.4 Å². The Morgan fingerprint density at radius 2 is 1.69 bits per heavy atom. The van der Waals surface area contributed by atoms with Gasteiger partial charge in [-0.05, 0) is 42.5 Å². The van der Waals surface area contributed by atoms with Crippen molar-refractivity contribution in [2.75, 3.05) is 11.9 Å². The zero-order valence-electron chi connectivity index (χ0n) is 26.0. The lowest BCUT2D eigenvalue weighted by Crippen LogP contribution is -2.34. The predicted molar refractivity (Wildman–Crippen MR) is 165 cm³/mol. The number of aldehydes is 1. The Bertz CT molecular complexity index is 1890. The molecule has 18 heteroatoms. The molecule has 0 saturated carbocycles. The predicted octanol–water partition coefficient (Wildman–Crippen LogP) is 5.96. The maximum atomic E-state index is 14.9. The van der Waals surface area contributed by atoms with E-state index in [0.29, 0.717) is 23.4 Å². The molecule has 0 bridgehead atoms. The van der Waals surface area contributed by atoms with Gasteiger partial charge in [-0.15, -0.1) is 0 Å². The van der Waals surface area contributed by atoms with Crippen LogP contribution in [0.5, 0.6) is 0 Å². The fourth-order valence-electron chi connectivity index (χ4n) is 4.62. The summed E-state index contributed by atoms with van der Waals surface area (Å²) in [7, 11) is -1.47. The molecule has 0 aliphatic rings. The highest BCUT2D eigenvalue weighted by Crippen LogP contribution is 2.32. The van der Waals surface area contributed by atoms with Gasteiger partial charge in [-0.1, -0.05) is 19.6 Å². The lowest BCUT2D eigenvalue weighted by Gasteiger charge is -2.19. The second-order valence-corrected chi connectivity index (χ2v) is 17.8. The summed E-state index contributed by atoms with van der Waals surface area (Å²) in [5.41, 5.74) is -5.61. The summed E-state index contributed by atoms with van der Waals surface area (Å²) < 4.78 is 102. The highest BCUT2D eigenvalue weighted by Gasteiger charge is 2.39. The van der Waals surface area contributed by atoms with Crippen LogP contribution in [0.2, 0.25) is 25.7 Å². The monoisotopic (exact) mass is 700 g/mol. The van der Waals surface area contributed by atoms with Crippen molar-refractivity contribution in [2.24, 2.45) is 0 Å². The van der Waals surface area contributed by atoms with Crippen LogP contribution in [0.1, 0.15) is 24.0 Å². The Morgan fingerprint density at radius 1 is 1.00 bits per heavy atom. The van der Waals surface area contributed by atoms with Crippen molar-refractivity contribution in [1.82, 2.24) is 24.3 Å². The van der Waals surface area contributed by atoms with Crippen LogP contribution < -0.4 is 16.4 Å². The molecule has 0 amide bonds. The minimum Gasteiger partial charge on any atom is -0.374 e. The van der Waals surface area contributed by atoms with E-state index in [9.17, 15) is 45.1 Å². The second-order valence-electron chi connectivity index (χ2n) is 12.1. The van der Waals surface area contributed by atoms with E-state index in [1.807, 2.05) is 0 Å². The van der Waals surface area contributed by atoms with Crippen molar-refractivity contribution >= 4 is 30.8 Å². The van der Waals surface area contributed by atoms with E-state index in [4.69, 9.17) is 4.74 Å². The number of pyridine rings is 1. The molecule has 258 valence electrons. The maximum Gasteiger partial charge on any atom is 0.423 e. The van der Waals surface area contributed by atoms with Gasteiger partial charge in [0, 0.05) is 39.8 Å². The van der Waals surface area contributed by atoms with Gasteiger partial charge in [-0.25, -0.2) is 19.0 Å². The first kappa shape index (κ1) is 36.4. The Morgan fingerprint density at radius 3 is 2.29 bits per heavy atom. The van der Waals surface area contributed by atoms with Crippen molar-refractivity contribution in [1.29, 1.82) is 0 Å². The number of fused-ring (bicyclic) bond motifs is 1. The van der Waals surface area contributed by atoms with E-state index >= 15 is 0 Å². The number of nitrogens with one attached hydrogen (secondary N) is 1. The van der Waals surface area contributed by atoms with Crippen molar-refractivity contribution in [2.45, 2.75) is 70.2 Å². The summed E-state index contributed by atoms with van der Waals surface area (Å²) in [6, 6.07) is 3.15. The number of nitrogens with zero attached hydrogens (tertiary/aromatic N) is 5. The first-order valence-electron chi connectivity index (χ1n) is 14.6. The standard InChI is InChI=1S/C30H31F7N6O4Si/c1-48(2,3)10-9-47-17-43-28(46)25(30(35,36)37)24(15-40-43)41-20(16-44)5-4-7-42-8-6-18-11-22(23(31)12-21(18)27(42)45)26-38-13-19(14-39-26)29(32,33)34/h6,8,11-16,20,41H,4-5,7,9-10,17H2,1-3H3/t20-/m1/s1. The van der Waals surface area contributed by atoms with Crippen LogP contribution in [-0.4, -0.2) is 51.3 Å². The van der Waals surface area contributed by atoms with Gasteiger partial charge in [-0.3, -0.25) is 9.59 Å². The van der Waals surface area contributed by atoms with Crippen LogP contribution in [0.25, 0.3) is 22.2 Å². The first-order valence-corrected chi connectivity index (χ1v) is 18.3. The lowest BCUT2D eigenvalue weighted by molar-refractivity contribution is -0.139. The van der Waals surface area contributed by atoms with E-state index in [2.05, 4.69) is 40.0 Å². The number of hydrogen-bond donors (Lipinski definition) is 1. The van der Waals surface area contributed by atoms with E-state index < -0.39 is 66.9 Å². The molecular formula is C30H31F7N6O4Si. The van der Waals surface area contributed by atoms with Crippen LogP contribution in [0.4, 0.5) is 36.4 Å². The minimum atomic E-state index is -5.07. The number of aromatic nitrogens is 5. The van der Waals surface area contributed by atoms with Gasteiger partial charge >= 0.3 is 12.4 Å². The fourth-order valence-corrected chi connectivity index (χ4v) is 5.37. The number of ether oxygens (including phenoxy) is 1. The maximum absolute atomic E-state index is 14.9. The fraction of sp³-hybridized carbons (Fsp3) is 0.400. The largest absolute Gasteiger partial charge is 0.423 e. The molecule has 3 heterocycles. The molecule has 1 N–H and O–H groups in total. The number of alkyl halides is 6. The van der Waals surface area contributed by atoms with Crippen LogP contribution in [0.15, 0.2) is 52.6 Å². The molecule has 0 saturated heterocycles. The molecule has 0 fully saturated rings. The zero-order valence-corrected chi connectivity index (χ0v) is 27.0. The molecule has 4 rings (SSSR count). The number of aryl methyl sites for hydroxylation is 1. The Balaban J connectivity index is 1.46. The van der Waals surface area contributed by atoms with Gasteiger partial charge in [0.1, 0.15) is 24.4 Å². The van der Waals surface area contributed by atoms with Crippen molar-refractivity contribution in [3.8, 4) is 11.4 Å². The van der Waals surface area contributed by atoms with Crippen molar-refractivity contribution < 1.29 is 40.3 Å². The third-order valence-corrected chi connectivity index (χ3v) is 8.95. The minimum absolute atomic E-state index is 0.00703. The van der Waals surface area contributed by atoms with Crippen LogP contribution in [0.3, 0.4) is 0 Å². The smallest absolute Gasteiger partial charge is 0.374 e. The SMILES string of the molecule is C[Si](C)(C)CCOCn1ncc(N[C@@H](C=O)CCCn2ccc3cc(-c4ncc(C(F)(F)F)cn4)c(F)cc3c2=O)c(C(F)(F)F)c1=O. The highest BCUT2D eigenvalue weighted by molar-refractivity contribution is 6.76. The Hall–Kier alpha value is -4.45. The lowest BCUT2D eigenvalue weighted by atomic mass is 10.1. The van der Waals surface area contributed by atoms with E-state index in [1.165, 1.54) is 22.9 Å². The van der Waals surface area contributed by atoms with Crippen molar-refractivity contribution in [3.05, 3.63) is 80.6 Å². The first-order chi connectivity index (χ1) is 22.4. The van der Waals surface area contributed by atoms with Crippen LogP contribution in [0, 0.1) is 5.82 Å². The quantitative estimate of drug-likeness (QED) is 0.0785. The number of hydrogen-bond acceptors (Lipinski definition) is 8. The van der Waals surface area contributed by atoms with E-state index in [1.54, 1.807) is 0 Å². The zero-order chi connectivity index (χ0) is 35.4. The van der Waals surface area contributed by atoms with Gasteiger partial charge < -0.3 is 19.4 Å². The molecule has 48 heavy (non-hydrogen) atoms. The highest BCUT2D eigenvalue weighted by atomic mass is 28.3. The van der Waals surface area contributed by atoms with E-state index in [0.717, 1.165) is 18.3 Å². The molecule has 1 aromatic carbocycles. The van der Waals surface area contributed by atoms with Gasteiger partial charge in [0.2, 0.25) is 0 Å². The topological polar surface area (TPSA) is 121 Å². The number of carbonyl (C=O) groups excluding carboxylic acids is 1. The molecule has 0 spiro atoms.